The highest BCUT2D eigenvalue weighted by Crippen LogP contribution is 2.33. The van der Waals surface area contributed by atoms with E-state index in [1.807, 2.05) is 18.2 Å². The summed E-state index contributed by atoms with van der Waals surface area (Å²) in [5, 5.41) is 12.4. The van der Waals surface area contributed by atoms with Crippen molar-refractivity contribution in [3.63, 3.8) is 0 Å². The number of aliphatic carboxylic acids is 1. The second-order valence-electron chi connectivity index (χ2n) is 17.1. The first-order valence-electron chi connectivity index (χ1n) is 19.2. The number of rotatable bonds is 10. The number of carboxylic acids is 1. The number of sulfonamides is 2. The predicted octanol–water partition coefficient (Wildman–Crippen LogP) is 8.41. The molecule has 3 N–H and O–H groups in total. The van der Waals surface area contributed by atoms with Gasteiger partial charge >= 0.3 is 11.9 Å². The van der Waals surface area contributed by atoms with E-state index in [-0.39, 0.29) is 15.7 Å². The van der Waals surface area contributed by atoms with Crippen molar-refractivity contribution in [2.45, 2.75) is 95.6 Å². The van der Waals surface area contributed by atoms with Crippen molar-refractivity contribution in [1.82, 2.24) is 9.44 Å². The zero-order chi connectivity index (χ0) is 44.5. The number of carbonyl (C=O) groups is 2. The van der Waals surface area contributed by atoms with Crippen LogP contribution >= 0.6 is 0 Å². The van der Waals surface area contributed by atoms with Crippen LogP contribution in [0, 0.1) is 35.6 Å². The molecule has 6 rings (SSSR count). The number of hydrogen-bond donors (Lipinski definition) is 3. The maximum atomic E-state index is 13.1. The Morgan fingerprint density at radius 2 is 1.13 bits per heavy atom. The molecule has 0 saturated carbocycles. The molecular weight excluding hydrogens is 821 g/mol. The van der Waals surface area contributed by atoms with Gasteiger partial charge in [0.15, 0.2) is 0 Å². The number of carboxylic acid groups (broad SMARTS) is 1. The van der Waals surface area contributed by atoms with Gasteiger partial charge in [-0.15, -0.1) is 12.0 Å². The third-order valence-electron chi connectivity index (χ3n) is 9.08. The third-order valence-corrected chi connectivity index (χ3v) is 12.8. The number of ether oxygens (including phenoxy) is 1. The van der Waals surface area contributed by atoms with Crippen LogP contribution in [0.25, 0.3) is 43.9 Å². The molecule has 12 nitrogen and oxygen atoms in total. The molecule has 0 radical (unpaired) electrons. The van der Waals surface area contributed by atoms with E-state index in [2.05, 4.69) is 46.5 Å². The molecule has 0 fully saturated rings. The first-order chi connectivity index (χ1) is 27.8. The van der Waals surface area contributed by atoms with E-state index in [1.54, 1.807) is 78.8 Å². The summed E-state index contributed by atoms with van der Waals surface area (Å²) in [7, 11) is -9.52. The van der Waals surface area contributed by atoms with Crippen LogP contribution in [0.4, 0.5) is 0 Å². The van der Waals surface area contributed by atoms with Crippen molar-refractivity contribution in [1.29, 1.82) is 0 Å². The minimum Gasteiger partial charge on any atom is -0.480 e. The summed E-state index contributed by atoms with van der Waals surface area (Å²) in [4.78, 5) is 23.8. The summed E-state index contributed by atoms with van der Waals surface area (Å²) in [6.45, 7) is 18.6. The summed E-state index contributed by atoms with van der Waals surface area (Å²) >= 11 is 0. The molecule has 0 bridgehead atoms. The van der Waals surface area contributed by atoms with E-state index >= 15 is 0 Å². The van der Waals surface area contributed by atoms with Gasteiger partial charge in [0.25, 0.3) is 0 Å². The fourth-order valence-electron chi connectivity index (χ4n) is 6.04. The lowest BCUT2D eigenvalue weighted by Gasteiger charge is -2.26. The van der Waals surface area contributed by atoms with E-state index in [1.165, 1.54) is 24.3 Å². The second-order valence-corrected chi connectivity index (χ2v) is 25.3. The van der Waals surface area contributed by atoms with E-state index in [9.17, 15) is 31.5 Å². The van der Waals surface area contributed by atoms with Crippen LogP contribution in [-0.2, 0) is 34.4 Å². The van der Waals surface area contributed by atoms with Gasteiger partial charge in [0.05, 0.1) is 9.79 Å². The largest absolute Gasteiger partial charge is 0.480 e. The Kier molecular flexibility index (Phi) is 13.1. The smallest absolute Gasteiger partial charge is 0.324 e. The van der Waals surface area contributed by atoms with Gasteiger partial charge < -0.3 is 18.7 Å². The van der Waals surface area contributed by atoms with Crippen molar-refractivity contribution >= 4 is 83.9 Å². The number of furan rings is 2. The Balaban J connectivity index is 0.000000236. The topological polar surface area (TPSA) is 182 Å². The number of fused-ring (bicyclic) bond motifs is 6. The molecule has 0 unspecified atom stereocenters. The van der Waals surface area contributed by atoms with Crippen LogP contribution in [0.3, 0.4) is 0 Å². The van der Waals surface area contributed by atoms with Crippen molar-refractivity contribution in [3.8, 4) is 23.8 Å². The fourth-order valence-corrected chi connectivity index (χ4v) is 9.26. The summed E-state index contributed by atoms with van der Waals surface area (Å²) < 4.78 is 73.2. The quantitative estimate of drug-likeness (QED) is 0.0687. The predicted molar refractivity (Wildman–Crippen MR) is 237 cm³/mol. The van der Waals surface area contributed by atoms with E-state index < -0.39 is 63.7 Å². The molecule has 2 atom stereocenters. The first kappa shape index (κ1) is 45.7. The molecule has 0 amide bonds. The van der Waals surface area contributed by atoms with Crippen molar-refractivity contribution in [2.24, 2.45) is 11.8 Å². The number of benzene rings is 4. The van der Waals surface area contributed by atoms with Crippen LogP contribution in [0.5, 0.6) is 0 Å². The van der Waals surface area contributed by atoms with E-state index in [0.717, 1.165) is 27.1 Å². The SMILES string of the molecule is C#Cc1ccc2oc3cc(S(=O)(=O)N[C@H](C(=O)O)C(C)C)ccc3c2c1.CC(C)[C@H](NS(=O)(=O)c1ccc2c(c1)oc1ccc(C#C[Si](C)(C)C)cc12)C(=O)OC(C)(C)C. The number of esters is 1. The number of carbonyl (C=O) groups excluding carboxylic acids is 1. The summed E-state index contributed by atoms with van der Waals surface area (Å²) in [5.41, 5.74) is 6.31. The second kappa shape index (κ2) is 17.3. The zero-order valence-corrected chi connectivity index (χ0v) is 37.9. The summed E-state index contributed by atoms with van der Waals surface area (Å²) in [5.74, 6) is 3.26. The van der Waals surface area contributed by atoms with Gasteiger partial charge in [0.1, 0.15) is 48.1 Å². The lowest BCUT2D eigenvalue weighted by Crippen LogP contribution is -2.47. The highest BCUT2D eigenvalue weighted by atomic mass is 32.2. The third kappa shape index (κ3) is 10.8. The molecule has 0 aliphatic carbocycles. The monoisotopic (exact) mass is 870 g/mol. The van der Waals surface area contributed by atoms with Crippen molar-refractivity contribution < 1.29 is 45.1 Å². The average Bonchev–Trinajstić information content (AvgIpc) is 3.70. The van der Waals surface area contributed by atoms with Crippen LogP contribution in [0.1, 0.15) is 59.6 Å². The van der Waals surface area contributed by atoms with Crippen LogP contribution in [0.2, 0.25) is 19.6 Å². The van der Waals surface area contributed by atoms with E-state index in [0.29, 0.717) is 27.9 Å². The first-order valence-corrected chi connectivity index (χ1v) is 25.7. The Morgan fingerprint density at radius 1 is 0.683 bits per heavy atom. The zero-order valence-electron chi connectivity index (χ0n) is 35.3. The van der Waals surface area contributed by atoms with Crippen molar-refractivity contribution in [2.75, 3.05) is 0 Å². The lowest BCUT2D eigenvalue weighted by atomic mass is 10.1. The minimum atomic E-state index is -4.01. The maximum Gasteiger partial charge on any atom is 0.324 e. The van der Waals surface area contributed by atoms with Gasteiger partial charge in [0.2, 0.25) is 20.0 Å². The van der Waals surface area contributed by atoms with Gasteiger partial charge in [-0.25, -0.2) is 16.8 Å². The molecule has 6 aromatic rings. The molecule has 0 spiro atoms. The van der Waals surface area contributed by atoms with Gasteiger partial charge in [-0.2, -0.15) is 9.44 Å². The Bertz CT molecular complexity index is 2950. The fraction of sp³-hybridized carbons (Fsp3) is 0.333. The van der Waals surface area contributed by atoms with Crippen LogP contribution in [0.15, 0.2) is 91.4 Å². The Hall–Kier alpha value is -5.42. The van der Waals surface area contributed by atoms with Crippen molar-refractivity contribution in [3.05, 3.63) is 83.9 Å². The number of nitrogens with one attached hydrogen (secondary N) is 2. The number of hydrogen-bond acceptors (Lipinski definition) is 9. The molecule has 0 aliphatic heterocycles. The maximum absolute atomic E-state index is 13.1. The molecule has 2 heterocycles. The standard InChI is InChI=1S/C26H33NO5SSi.C19H17NO5S/c1-17(2)24(25(28)32-26(3,4)5)27-33(29,30)19-10-11-20-21-15-18(13-14-34(6,7)8)9-12-22(21)31-23(20)16-19;1-4-12-5-8-16-15(9-12)14-7-6-13(10-17(14)25-16)26(23,24)20-18(11(2)3)19(21)22/h9-12,15-17,24,27H,1-8H3;1,5-11,18,20H,2-3H3,(H,21,22)/t24-;18-/m00/s1. The summed E-state index contributed by atoms with van der Waals surface area (Å²) in [6.07, 6.45) is 5.41. The Labute approximate surface area is 352 Å². The lowest BCUT2D eigenvalue weighted by molar-refractivity contribution is -0.158. The molecule has 60 heavy (non-hydrogen) atoms. The Morgan fingerprint density at radius 3 is 1.55 bits per heavy atom. The van der Waals surface area contributed by atoms with Gasteiger partial charge in [-0.05, 0) is 93.3 Å². The minimum absolute atomic E-state index is 0.0204. The molecule has 15 heteroatoms. The summed E-state index contributed by atoms with van der Waals surface area (Å²) in [6, 6.07) is 17.9. The molecule has 316 valence electrons. The highest BCUT2D eigenvalue weighted by molar-refractivity contribution is 7.89. The van der Waals surface area contributed by atoms with Crippen LogP contribution < -0.4 is 9.44 Å². The molecule has 0 aliphatic rings. The highest BCUT2D eigenvalue weighted by Gasteiger charge is 2.33. The van der Waals surface area contributed by atoms with Gasteiger partial charge in [-0.3, -0.25) is 9.59 Å². The molecular formula is C45H50N2O10S2Si. The molecule has 2 aromatic heterocycles. The number of terminal acetylenes is 1. The average molecular weight is 871 g/mol. The molecule has 0 saturated heterocycles. The normalized spacial score (nSPS) is 13.4. The van der Waals surface area contributed by atoms with Gasteiger partial charge in [0, 0.05) is 44.8 Å². The molecule has 4 aromatic carbocycles. The van der Waals surface area contributed by atoms with E-state index in [4.69, 9.17) is 20.0 Å². The van der Waals surface area contributed by atoms with Crippen LogP contribution in [-0.4, -0.2) is 59.6 Å². The van der Waals surface area contributed by atoms with Gasteiger partial charge in [-0.1, -0.05) is 59.2 Å².